The van der Waals surface area contributed by atoms with Crippen molar-refractivity contribution >= 4 is 23.5 Å². The molecule has 0 bridgehead atoms. The van der Waals surface area contributed by atoms with Gasteiger partial charge in [0.25, 0.3) is 0 Å². The number of carbonyl (C=O) groups excluding carboxylic acids is 1. The lowest BCUT2D eigenvalue weighted by atomic mass is 10.2. The number of ketones is 1. The Morgan fingerprint density at radius 2 is 2.00 bits per heavy atom. The molecule has 35 heavy (non-hydrogen) atoms. The van der Waals surface area contributed by atoms with Gasteiger partial charge >= 0.3 is 0 Å². The zero-order chi connectivity index (χ0) is 24.4. The maximum atomic E-state index is 13.8. The van der Waals surface area contributed by atoms with Gasteiger partial charge < -0.3 is 18.9 Å². The fourth-order valence-electron chi connectivity index (χ4n) is 4.80. The molecule has 8 nitrogen and oxygen atoms in total. The zero-order valence-corrected chi connectivity index (χ0v) is 20.9. The Balaban J connectivity index is 1.35. The number of Topliss-reactive ketones (excluding diaryl/α,β-unsaturated/α-hetero) is 1. The Hall–Kier alpha value is -2.69. The zero-order valence-electron chi connectivity index (χ0n) is 20.1. The number of morpholine rings is 1. The molecule has 0 spiro atoms. The number of benzene rings is 1. The van der Waals surface area contributed by atoms with Gasteiger partial charge in [-0.3, -0.25) is 9.36 Å². The number of hydrogen-bond acceptors (Lipinski definition) is 7. The molecule has 2 aliphatic heterocycles. The van der Waals surface area contributed by atoms with Gasteiger partial charge in [0.15, 0.2) is 10.9 Å². The highest BCUT2D eigenvalue weighted by Gasteiger charge is 2.26. The third kappa shape index (κ3) is 5.14. The van der Waals surface area contributed by atoms with Gasteiger partial charge in [0.1, 0.15) is 5.82 Å². The van der Waals surface area contributed by atoms with E-state index in [1.54, 1.807) is 6.07 Å². The summed E-state index contributed by atoms with van der Waals surface area (Å²) in [5.41, 5.74) is 3.03. The van der Waals surface area contributed by atoms with E-state index in [1.165, 1.54) is 23.9 Å². The molecular weight excluding hydrogens is 469 g/mol. The topological polar surface area (TPSA) is 74.4 Å². The summed E-state index contributed by atoms with van der Waals surface area (Å²) in [6.07, 6.45) is 2.20. The van der Waals surface area contributed by atoms with E-state index < -0.39 is 0 Å². The lowest BCUT2D eigenvalue weighted by Crippen LogP contribution is -2.38. The SMILES string of the molecule is Cc1cc(C(=O)CSc2nnc(N3CCOCC3)n2C[C@@H]2CCCO2)c(C)n1-c1cccc(F)c1. The first-order valence-electron chi connectivity index (χ1n) is 12.0. The van der Waals surface area contributed by atoms with Crippen molar-refractivity contribution in [2.75, 3.05) is 43.6 Å². The van der Waals surface area contributed by atoms with Crippen molar-refractivity contribution in [2.24, 2.45) is 0 Å². The number of thioether (sulfide) groups is 1. The fourth-order valence-corrected chi connectivity index (χ4v) is 5.63. The molecule has 0 aliphatic carbocycles. The van der Waals surface area contributed by atoms with Crippen LogP contribution in [0.25, 0.3) is 5.69 Å². The number of carbonyl (C=O) groups is 1. The average molecular weight is 500 g/mol. The molecule has 2 fully saturated rings. The quantitative estimate of drug-likeness (QED) is 0.345. The number of aryl methyl sites for hydroxylation is 1. The molecule has 1 atom stereocenters. The van der Waals surface area contributed by atoms with Crippen LogP contribution < -0.4 is 4.90 Å². The van der Waals surface area contributed by atoms with Crippen LogP contribution in [0.2, 0.25) is 0 Å². The molecule has 186 valence electrons. The van der Waals surface area contributed by atoms with E-state index in [0.717, 1.165) is 49.9 Å². The molecule has 2 aliphatic rings. The molecule has 3 aromatic rings. The average Bonchev–Trinajstić information content (AvgIpc) is 3.58. The summed E-state index contributed by atoms with van der Waals surface area (Å²) in [5.74, 6) is 0.744. The van der Waals surface area contributed by atoms with Gasteiger partial charge in [-0.1, -0.05) is 17.8 Å². The van der Waals surface area contributed by atoms with Crippen molar-refractivity contribution in [3.63, 3.8) is 0 Å². The Labute approximate surface area is 208 Å². The summed E-state index contributed by atoms with van der Waals surface area (Å²) in [6.45, 7) is 8.12. The number of nitrogens with zero attached hydrogens (tertiary/aromatic N) is 5. The smallest absolute Gasteiger partial charge is 0.228 e. The van der Waals surface area contributed by atoms with Crippen molar-refractivity contribution < 1.29 is 18.7 Å². The summed E-state index contributed by atoms with van der Waals surface area (Å²) in [4.78, 5) is 15.4. The highest BCUT2D eigenvalue weighted by atomic mass is 32.2. The van der Waals surface area contributed by atoms with Gasteiger partial charge in [0.05, 0.1) is 31.6 Å². The van der Waals surface area contributed by atoms with Crippen molar-refractivity contribution in [1.29, 1.82) is 0 Å². The van der Waals surface area contributed by atoms with Gasteiger partial charge in [-0.05, 0) is 51.0 Å². The number of hydrogen-bond donors (Lipinski definition) is 0. The summed E-state index contributed by atoms with van der Waals surface area (Å²) in [5, 5.41) is 9.63. The largest absolute Gasteiger partial charge is 0.378 e. The normalized spacial score (nSPS) is 18.4. The van der Waals surface area contributed by atoms with Gasteiger partial charge in [-0.15, -0.1) is 10.2 Å². The highest BCUT2D eigenvalue weighted by molar-refractivity contribution is 7.99. The van der Waals surface area contributed by atoms with Crippen LogP contribution in [-0.2, 0) is 16.0 Å². The first-order chi connectivity index (χ1) is 17.0. The number of aromatic nitrogens is 4. The fraction of sp³-hybridized carbons (Fsp3) is 0.480. The van der Waals surface area contributed by atoms with Crippen molar-refractivity contribution in [1.82, 2.24) is 19.3 Å². The van der Waals surface area contributed by atoms with E-state index in [2.05, 4.69) is 19.7 Å². The minimum atomic E-state index is -0.305. The summed E-state index contributed by atoms with van der Waals surface area (Å²) < 4.78 is 29.2. The maximum Gasteiger partial charge on any atom is 0.228 e. The molecule has 0 amide bonds. The second-order valence-electron chi connectivity index (χ2n) is 8.94. The molecule has 0 radical (unpaired) electrons. The maximum absolute atomic E-state index is 13.8. The Bertz CT molecular complexity index is 1200. The highest BCUT2D eigenvalue weighted by Crippen LogP contribution is 2.28. The van der Waals surface area contributed by atoms with E-state index in [-0.39, 0.29) is 23.5 Å². The second kappa shape index (κ2) is 10.5. The molecule has 4 heterocycles. The Morgan fingerprint density at radius 1 is 1.17 bits per heavy atom. The van der Waals surface area contributed by atoms with Gasteiger partial charge in [0.2, 0.25) is 5.95 Å². The molecule has 2 aromatic heterocycles. The van der Waals surface area contributed by atoms with Crippen LogP contribution in [0.3, 0.4) is 0 Å². The monoisotopic (exact) mass is 499 g/mol. The van der Waals surface area contributed by atoms with Crippen LogP contribution in [-0.4, -0.2) is 69.9 Å². The molecule has 5 rings (SSSR count). The minimum Gasteiger partial charge on any atom is -0.378 e. The lowest BCUT2D eigenvalue weighted by Gasteiger charge is -2.28. The molecule has 0 N–H and O–H groups in total. The van der Waals surface area contributed by atoms with E-state index in [9.17, 15) is 9.18 Å². The molecule has 1 aromatic carbocycles. The third-order valence-corrected chi connectivity index (χ3v) is 7.50. The predicted octanol–water partition coefficient (Wildman–Crippen LogP) is 3.82. The summed E-state index contributed by atoms with van der Waals surface area (Å²) in [6, 6.07) is 8.28. The number of anilines is 1. The molecule has 10 heteroatoms. The van der Waals surface area contributed by atoms with E-state index in [4.69, 9.17) is 9.47 Å². The van der Waals surface area contributed by atoms with Gasteiger partial charge in [-0.25, -0.2) is 4.39 Å². The van der Waals surface area contributed by atoms with Crippen molar-refractivity contribution in [3.8, 4) is 5.69 Å². The number of rotatable bonds is 8. The van der Waals surface area contributed by atoms with Crippen LogP contribution in [0.15, 0.2) is 35.5 Å². The summed E-state index contributed by atoms with van der Waals surface area (Å²) >= 11 is 1.40. The Morgan fingerprint density at radius 3 is 2.74 bits per heavy atom. The second-order valence-corrected chi connectivity index (χ2v) is 9.88. The predicted molar refractivity (Wildman–Crippen MR) is 132 cm³/mol. The number of halogens is 1. The minimum absolute atomic E-state index is 0.00495. The summed E-state index contributed by atoms with van der Waals surface area (Å²) in [7, 11) is 0. The van der Waals surface area contributed by atoms with E-state index in [0.29, 0.717) is 36.2 Å². The van der Waals surface area contributed by atoms with Crippen LogP contribution in [0.1, 0.15) is 34.6 Å². The van der Waals surface area contributed by atoms with Crippen molar-refractivity contribution in [2.45, 2.75) is 44.5 Å². The molecule has 2 saturated heterocycles. The molecular formula is C25H30FN5O3S. The molecule has 0 unspecified atom stereocenters. The van der Waals surface area contributed by atoms with E-state index >= 15 is 0 Å². The van der Waals surface area contributed by atoms with Crippen LogP contribution in [0, 0.1) is 19.7 Å². The Kier molecular flexibility index (Phi) is 7.22. The third-order valence-electron chi connectivity index (χ3n) is 6.53. The first kappa shape index (κ1) is 24.0. The van der Waals surface area contributed by atoms with Crippen LogP contribution >= 0.6 is 11.8 Å². The van der Waals surface area contributed by atoms with Crippen LogP contribution in [0.4, 0.5) is 10.3 Å². The van der Waals surface area contributed by atoms with Gasteiger partial charge in [-0.2, -0.15) is 0 Å². The van der Waals surface area contributed by atoms with E-state index in [1.807, 2.05) is 30.5 Å². The van der Waals surface area contributed by atoms with Gasteiger partial charge in [0, 0.05) is 42.3 Å². The first-order valence-corrected chi connectivity index (χ1v) is 13.0. The lowest BCUT2D eigenvalue weighted by molar-refractivity contribution is 0.0942. The number of ether oxygens (including phenoxy) is 2. The van der Waals surface area contributed by atoms with Crippen molar-refractivity contribution in [3.05, 3.63) is 53.1 Å². The standard InChI is InChI=1S/C25H30FN5O3S/c1-17-13-22(18(2)31(17)20-6-3-5-19(26)14-20)23(32)16-35-25-28-27-24(29-8-11-33-12-9-29)30(25)15-21-7-4-10-34-21/h3,5-6,13-14,21H,4,7-12,15-16H2,1-2H3/t21-/m0/s1. The molecule has 0 saturated carbocycles. The van der Waals surface area contributed by atoms with Crippen LogP contribution in [0.5, 0.6) is 0 Å².